The van der Waals surface area contributed by atoms with E-state index in [1.807, 2.05) is 12.3 Å². The second-order valence-electron chi connectivity index (χ2n) is 7.70. The third kappa shape index (κ3) is 4.01. The predicted octanol–water partition coefficient (Wildman–Crippen LogP) is 3.78. The molecule has 2 aromatic rings. The van der Waals surface area contributed by atoms with E-state index in [9.17, 15) is 4.79 Å². The van der Waals surface area contributed by atoms with Gasteiger partial charge in [0.15, 0.2) is 0 Å². The molecule has 0 unspecified atom stereocenters. The lowest BCUT2D eigenvalue weighted by Gasteiger charge is -2.25. The van der Waals surface area contributed by atoms with Gasteiger partial charge in [-0.3, -0.25) is 9.48 Å². The zero-order valence-electron chi connectivity index (χ0n) is 15.5. The number of nitrogens with two attached hydrogens (primary N) is 1. The fraction of sp³-hybridized carbons (Fsp3) is 0.550. The van der Waals surface area contributed by atoms with Crippen LogP contribution in [0, 0.1) is 5.92 Å². The van der Waals surface area contributed by atoms with Crippen LogP contribution < -0.4 is 11.1 Å². The van der Waals surface area contributed by atoms with E-state index in [2.05, 4.69) is 20.1 Å². The number of nitrogens with zero attached hydrogens (tertiary/aromatic N) is 3. The SMILES string of the molecule is N[C@@H]1CCC[C@H](C(=O)Nc2cc(-c3cnn4c3CCCCC4)c(Cl)cn2)C1. The van der Waals surface area contributed by atoms with Crippen LogP contribution in [-0.4, -0.2) is 26.7 Å². The van der Waals surface area contributed by atoms with Crippen LogP contribution >= 0.6 is 11.6 Å². The van der Waals surface area contributed by atoms with E-state index in [0.717, 1.165) is 62.6 Å². The van der Waals surface area contributed by atoms with Crippen LogP contribution in [-0.2, 0) is 17.8 Å². The number of pyridine rings is 1. The smallest absolute Gasteiger partial charge is 0.228 e. The number of carbonyl (C=O) groups excluding carboxylic acids is 1. The summed E-state index contributed by atoms with van der Waals surface area (Å²) in [5, 5.41) is 8.08. The van der Waals surface area contributed by atoms with Crippen molar-refractivity contribution >= 4 is 23.3 Å². The summed E-state index contributed by atoms with van der Waals surface area (Å²) < 4.78 is 2.08. The zero-order valence-corrected chi connectivity index (χ0v) is 16.2. The number of carbonyl (C=O) groups is 1. The Morgan fingerprint density at radius 3 is 2.93 bits per heavy atom. The summed E-state index contributed by atoms with van der Waals surface area (Å²) in [6.07, 6.45) is 11.7. The summed E-state index contributed by atoms with van der Waals surface area (Å²) in [5.41, 5.74) is 9.16. The van der Waals surface area contributed by atoms with Crippen molar-refractivity contribution in [3.8, 4) is 11.1 Å². The Hall–Kier alpha value is -1.92. The van der Waals surface area contributed by atoms with Gasteiger partial charge < -0.3 is 11.1 Å². The normalized spacial score (nSPS) is 22.7. The number of aryl methyl sites for hydroxylation is 1. The van der Waals surface area contributed by atoms with Gasteiger partial charge >= 0.3 is 0 Å². The minimum Gasteiger partial charge on any atom is -0.328 e. The number of amides is 1. The van der Waals surface area contributed by atoms with E-state index in [-0.39, 0.29) is 17.9 Å². The van der Waals surface area contributed by atoms with E-state index in [4.69, 9.17) is 17.3 Å². The number of nitrogens with one attached hydrogen (secondary N) is 1. The van der Waals surface area contributed by atoms with Gasteiger partial charge in [-0.2, -0.15) is 5.10 Å². The number of aromatic nitrogens is 3. The van der Waals surface area contributed by atoms with Gasteiger partial charge in [-0.15, -0.1) is 0 Å². The number of hydrogen-bond donors (Lipinski definition) is 2. The Kier molecular flexibility index (Phi) is 5.45. The Balaban J connectivity index is 1.57. The molecule has 144 valence electrons. The highest BCUT2D eigenvalue weighted by molar-refractivity contribution is 6.33. The second-order valence-corrected chi connectivity index (χ2v) is 8.11. The first-order valence-electron chi connectivity index (χ1n) is 9.89. The molecule has 0 aromatic carbocycles. The predicted molar refractivity (Wildman–Crippen MR) is 107 cm³/mol. The van der Waals surface area contributed by atoms with Crippen molar-refractivity contribution in [3.63, 3.8) is 0 Å². The molecule has 27 heavy (non-hydrogen) atoms. The summed E-state index contributed by atoms with van der Waals surface area (Å²) in [7, 11) is 0. The van der Waals surface area contributed by atoms with Gasteiger partial charge in [-0.25, -0.2) is 4.98 Å². The average molecular weight is 388 g/mol. The van der Waals surface area contributed by atoms with Crippen molar-refractivity contribution in [1.82, 2.24) is 14.8 Å². The topological polar surface area (TPSA) is 85.8 Å². The maximum atomic E-state index is 12.6. The van der Waals surface area contributed by atoms with Crippen molar-refractivity contribution < 1.29 is 4.79 Å². The van der Waals surface area contributed by atoms with Gasteiger partial charge in [0.2, 0.25) is 5.91 Å². The van der Waals surface area contributed by atoms with E-state index < -0.39 is 0 Å². The molecule has 2 aromatic heterocycles. The van der Waals surface area contributed by atoms with Gasteiger partial charge in [0.05, 0.1) is 11.2 Å². The Morgan fingerprint density at radius 2 is 2.07 bits per heavy atom. The lowest BCUT2D eigenvalue weighted by Crippen LogP contribution is -2.34. The molecule has 3 heterocycles. The summed E-state index contributed by atoms with van der Waals surface area (Å²) in [5.74, 6) is 0.494. The van der Waals surface area contributed by atoms with E-state index in [1.54, 1.807) is 6.20 Å². The standard InChI is InChI=1S/C20H26ClN5O/c21-17-12-23-19(25-20(27)13-5-4-6-14(22)9-13)10-15(17)16-11-24-26-8-3-1-2-7-18(16)26/h10-14H,1-9,22H2,(H,23,25,27)/t13-,14+/m0/s1. The van der Waals surface area contributed by atoms with Gasteiger partial charge in [-0.1, -0.05) is 24.4 Å². The van der Waals surface area contributed by atoms with Gasteiger partial charge in [0.1, 0.15) is 5.82 Å². The molecule has 3 N–H and O–H groups in total. The first-order chi connectivity index (χ1) is 13.1. The van der Waals surface area contributed by atoms with Gasteiger partial charge in [0.25, 0.3) is 0 Å². The molecule has 4 rings (SSSR count). The van der Waals surface area contributed by atoms with Crippen LogP contribution in [0.4, 0.5) is 5.82 Å². The van der Waals surface area contributed by atoms with Crippen molar-refractivity contribution in [2.24, 2.45) is 11.7 Å². The number of anilines is 1. The first-order valence-corrected chi connectivity index (χ1v) is 10.3. The minimum absolute atomic E-state index is 0.000225. The van der Waals surface area contributed by atoms with E-state index >= 15 is 0 Å². The number of hydrogen-bond acceptors (Lipinski definition) is 4. The highest BCUT2D eigenvalue weighted by atomic mass is 35.5. The molecule has 1 saturated carbocycles. The van der Waals surface area contributed by atoms with Crippen LogP contribution in [0.15, 0.2) is 18.5 Å². The minimum atomic E-state index is -0.0397. The molecule has 6 nitrogen and oxygen atoms in total. The zero-order chi connectivity index (χ0) is 18.8. The molecule has 2 atom stereocenters. The molecule has 1 aliphatic carbocycles. The number of rotatable bonds is 3. The van der Waals surface area contributed by atoms with Crippen molar-refractivity contribution in [1.29, 1.82) is 0 Å². The molecule has 1 amide bonds. The summed E-state index contributed by atoms with van der Waals surface area (Å²) in [6.45, 7) is 0.948. The first kappa shape index (κ1) is 18.4. The highest BCUT2D eigenvalue weighted by Gasteiger charge is 2.26. The molecule has 1 aliphatic heterocycles. The Morgan fingerprint density at radius 1 is 1.19 bits per heavy atom. The van der Waals surface area contributed by atoms with E-state index in [0.29, 0.717) is 10.8 Å². The average Bonchev–Trinajstić information content (AvgIpc) is 2.91. The summed E-state index contributed by atoms with van der Waals surface area (Å²) in [6, 6.07) is 1.98. The lowest BCUT2D eigenvalue weighted by atomic mass is 9.85. The lowest BCUT2D eigenvalue weighted by molar-refractivity contribution is -0.120. The largest absolute Gasteiger partial charge is 0.328 e. The van der Waals surface area contributed by atoms with Crippen molar-refractivity contribution in [2.75, 3.05) is 5.32 Å². The molecular weight excluding hydrogens is 362 g/mol. The van der Waals surface area contributed by atoms with E-state index in [1.165, 1.54) is 12.1 Å². The van der Waals surface area contributed by atoms with Gasteiger partial charge in [0, 0.05) is 41.5 Å². The number of halogens is 1. The van der Waals surface area contributed by atoms with Crippen molar-refractivity contribution in [2.45, 2.75) is 64.0 Å². The highest BCUT2D eigenvalue weighted by Crippen LogP contribution is 2.34. The van der Waals surface area contributed by atoms with Crippen LogP contribution in [0.2, 0.25) is 5.02 Å². The Labute approximate surface area is 164 Å². The summed E-state index contributed by atoms with van der Waals surface area (Å²) >= 11 is 6.45. The third-order valence-corrected chi connectivity index (χ3v) is 6.02. The molecule has 1 fully saturated rings. The quantitative estimate of drug-likeness (QED) is 0.839. The third-order valence-electron chi connectivity index (χ3n) is 5.71. The number of fused-ring (bicyclic) bond motifs is 1. The molecular formula is C20H26ClN5O. The van der Waals surface area contributed by atoms with Crippen molar-refractivity contribution in [3.05, 3.63) is 29.2 Å². The van der Waals surface area contributed by atoms with Crippen LogP contribution in [0.3, 0.4) is 0 Å². The fourth-order valence-electron chi connectivity index (χ4n) is 4.23. The monoisotopic (exact) mass is 387 g/mol. The molecule has 2 aliphatic rings. The summed E-state index contributed by atoms with van der Waals surface area (Å²) in [4.78, 5) is 16.9. The van der Waals surface area contributed by atoms with Crippen LogP contribution in [0.25, 0.3) is 11.1 Å². The maximum absolute atomic E-state index is 12.6. The maximum Gasteiger partial charge on any atom is 0.228 e. The molecule has 7 heteroatoms. The molecule has 0 saturated heterocycles. The second kappa shape index (κ2) is 7.98. The van der Waals surface area contributed by atoms with Crippen LogP contribution in [0.5, 0.6) is 0 Å². The molecule has 0 spiro atoms. The molecule has 0 bridgehead atoms. The molecule has 0 radical (unpaired) electrons. The fourth-order valence-corrected chi connectivity index (χ4v) is 4.44. The van der Waals surface area contributed by atoms with Gasteiger partial charge in [-0.05, 0) is 44.6 Å². The Bertz CT molecular complexity index is 834. The van der Waals surface area contributed by atoms with Crippen LogP contribution in [0.1, 0.15) is 50.6 Å².